The Morgan fingerprint density at radius 3 is 2.32 bits per heavy atom. The molecule has 160 valence electrons. The number of carbonyl (C=O) groups is 2. The molecule has 8 nitrogen and oxygen atoms in total. The summed E-state index contributed by atoms with van der Waals surface area (Å²) >= 11 is 1.10. The molecule has 1 atom stereocenters. The van der Waals surface area contributed by atoms with E-state index in [-0.39, 0.29) is 28.4 Å². The van der Waals surface area contributed by atoms with E-state index in [1.54, 1.807) is 39.4 Å². The van der Waals surface area contributed by atoms with E-state index in [4.69, 9.17) is 0 Å². The van der Waals surface area contributed by atoms with E-state index in [1.807, 2.05) is 25.1 Å². The molecule has 0 aliphatic carbocycles. The molecule has 0 N–H and O–H groups in total. The number of hydrogen-bond acceptors (Lipinski definition) is 7. The van der Waals surface area contributed by atoms with Gasteiger partial charge in [-0.1, -0.05) is 22.7 Å². The Balaban J connectivity index is 1.81. The highest BCUT2D eigenvalue weighted by Gasteiger charge is 2.34. The van der Waals surface area contributed by atoms with Gasteiger partial charge < -0.3 is 9.80 Å². The maximum absolute atomic E-state index is 13.1. The molecular formula is C21H20N4O4S2. The summed E-state index contributed by atoms with van der Waals surface area (Å²) < 4.78 is 27.3. The van der Waals surface area contributed by atoms with Crippen LogP contribution in [0.1, 0.15) is 24.3 Å². The quantitative estimate of drug-likeness (QED) is 0.601. The molecule has 10 heteroatoms. The first-order valence-electron chi connectivity index (χ1n) is 9.50. The van der Waals surface area contributed by atoms with Crippen molar-refractivity contribution in [2.75, 3.05) is 22.6 Å². The van der Waals surface area contributed by atoms with Crippen molar-refractivity contribution in [3.8, 4) is 11.1 Å². The maximum atomic E-state index is 13.1. The largest absolute Gasteiger partial charge is 0.306 e. The summed E-state index contributed by atoms with van der Waals surface area (Å²) in [7, 11) is -3.29. The van der Waals surface area contributed by atoms with Gasteiger partial charge in [0, 0.05) is 25.1 Å². The number of aromatic nitrogens is 2. The van der Waals surface area contributed by atoms with E-state index in [9.17, 15) is 18.0 Å². The van der Waals surface area contributed by atoms with Gasteiger partial charge in [-0.15, -0.1) is 5.10 Å². The van der Waals surface area contributed by atoms with Crippen molar-refractivity contribution >= 4 is 44.6 Å². The minimum atomic E-state index is -3.29. The highest BCUT2D eigenvalue weighted by Crippen LogP contribution is 2.39. The van der Waals surface area contributed by atoms with E-state index in [1.165, 1.54) is 6.92 Å². The smallest absolute Gasteiger partial charge is 0.279 e. The monoisotopic (exact) mass is 456 g/mol. The van der Waals surface area contributed by atoms with Gasteiger partial charge in [0.05, 0.1) is 22.3 Å². The van der Waals surface area contributed by atoms with Crippen molar-refractivity contribution in [1.82, 2.24) is 9.59 Å². The topological polar surface area (TPSA) is 101 Å². The average Bonchev–Trinajstić information content (AvgIpc) is 3.26. The summed E-state index contributed by atoms with van der Waals surface area (Å²) in [6, 6.07) is 11.9. The van der Waals surface area contributed by atoms with Crippen molar-refractivity contribution in [3.63, 3.8) is 0 Å². The van der Waals surface area contributed by atoms with E-state index in [0.29, 0.717) is 17.9 Å². The number of benzene rings is 2. The summed E-state index contributed by atoms with van der Waals surface area (Å²) in [5.74, 6) is -0.393. The molecule has 31 heavy (non-hydrogen) atoms. The summed E-state index contributed by atoms with van der Waals surface area (Å²) in [6.07, 6.45) is 1.16. The summed E-state index contributed by atoms with van der Waals surface area (Å²) in [4.78, 5) is 28.9. The Labute approximate surface area is 184 Å². The van der Waals surface area contributed by atoms with Gasteiger partial charge in [0.2, 0.25) is 5.91 Å². The van der Waals surface area contributed by atoms with Gasteiger partial charge in [0.15, 0.2) is 15.5 Å². The van der Waals surface area contributed by atoms with Crippen LogP contribution < -0.4 is 9.80 Å². The van der Waals surface area contributed by atoms with E-state index >= 15 is 0 Å². The zero-order valence-electron chi connectivity index (χ0n) is 17.1. The van der Waals surface area contributed by atoms with Crippen LogP contribution in [0.5, 0.6) is 0 Å². The van der Waals surface area contributed by atoms with Crippen LogP contribution >= 0.6 is 11.5 Å². The Kier molecular flexibility index (Phi) is 5.36. The van der Waals surface area contributed by atoms with Crippen LogP contribution in [-0.2, 0) is 14.6 Å². The van der Waals surface area contributed by atoms with Crippen molar-refractivity contribution in [2.45, 2.75) is 24.8 Å². The Morgan fingerprint density at radius 2 is 1.74 bits per heavy atom. The molecule has 1 aromatic heterocycles. The highest BCUT2D eigenvalue weighted by atomic mass is 32.2. The molecular weight excluding hydrogens is 436 g/mol. The zero-order chi connectivity index (χ0) is 22.3. The number of fused-ring (bicyclic) bond motifs is 1. The molecule has 3 aromatic rings. The molecule has 2 aromatic carbocycles. The Morgan fingerprint density at radius 1 is 1.06 bits per heavy atom. The number of hydrogen-bond donors (Lipinski definition) is 0. The Bertz CT molecular complexity index is 1260. The van der Waals surface area contributed by atoms with Gasteiger partial charge in [-0.05, 0) is 53.8 Å². The molecule has 0 spiro atoms. The summed E-state index contributed by atoms with van der Waals surface area (Å²) in [6.45, 7) is 3.71. The number of rotatable bonds is 3. The Hall–Kier alpha value is -3.11. The first kappa shape index (κ1) is 21.1. The number of anilines is 2. The second-order valence-corrected chi connectivity index (χ2v) is 10.1. The van der Waals surface area contributed by atoms with Crippen LogP contribution in [0.2, 0.25) is 0 Å². The third kappa shape index (κ3) is 3.96. The fourth-order valence-electron chi connectivity index (χ4n) is 3.77. The SMILES string of the molecule is CC(=O)N1c2ccc(-c3ccc(S(C)(=O)=O)cc3)cc2N(C(=O)c2csnn2)CC1C. The standard InChI is InChI=1S/C21H20N4O4S2/c1-13-11-24(21(27)18-12-30-23-22-18)20-10-16(6-9-19(20)25(13)14(2)26)15-4-7-17(8-5-15)31(3,28)29/h4-10,12-13H,11H2,1-3H3. The third-order valence-corrected chi connectivity index (χ3v) is 6.83. The molecule has 1 unspecified atom stereocenters. The van der Waals surface area contributed by atoms with Crippen LogP contribution in [0.4, 0.5) is 11.4 Å². The van der Waals surface area contributed by atoms with Crippen molar-refractivity contribution in [1.29, 1.82) is 0 Å². The predicted molar refractivity (Wildman–Crippen MR) is 119 cm³/mol. The lowest BCUT2D eigenvalue weighted by molar-refractivity contribution is -0.117. The van der Waals surface area contributed by atoms with Gasteiger partial charge >= 0.3 is 0 Å². The van der Waals surface area contributed by atoms with Gasteiger partial charge in [0.25, 0.3) is 5.91 Å². The fraction of sp³-hybridized carbons (Fsp3) is 0.238. The molecule has 0 fully saturated rings. The highest BCUT2D eigenvalue weighted by molar-refractivity contribution is 7.90. The number of carbonyl (C=O) groups excluding carboxylic acids is 2. The molecule has 2 heterocycles. The molecule has 4 rings (SSSR count). The summed E-state index contributed by atoms with van der Waals surface area (Å²) in [5, 5.41) is 5.49. The first-order chi connectivity index (χ1) is 14.7. The number of amides is 2. The zero-order valence-corrected chi connectivity index (χ0v) is 18.8. The lowest BCUT2D eigenvalue weighted by atomic mass is 10.0. The molecule has 0 saturated heterocycles. The average molecular weight is 457 g/mol. The lowest BCUT2D eigenvalue weighted by Gasteiger charge is -2.40. The van der Waals surface area contributed by atoms with Gasteiger partial charge in [-0.25, -0.2) is 8.42 Å². The third-order valence-electron chi connectivity index (χ3n) is 5.19. The number of nitrogens with zero attached hydrogens (tertiary/aromatic N) is 4. The van der Waals surface area contributed by atoms with Crippen molar-refractivity contribution in [2.24, 2.45) is 0 Å². The lowest BCUT2D eigenvalue weighted by Crippen LogP contribution is -2.51. The van der Waals surface area contributed by atoms with E-state index < -0.39 is 9.84 Å². The van der Waals surface area contributed by atoms with E-state index in [0.717, 1.165) is 28.9 Å². The number of sulfone groups is 1. The van der Waals surface area contributed by atoms with Gasteiger partial charge in [-0.2, -0.15) is 0 Å². The van der Waals surface area contributed by atoms with Crippen LogP contribution in [0.25, 0.3) is 11.1 Å². The molecule has 2 amide bonds. The van der Waals surface area contributed by atoms with Gasteiger partial charge in [-0.3, -0.25) is 9.59 Å². The second kappa shape index (κ2) is 7.86. The maximum Gasteiger partial charge on any atom is 0.279 e. The van der Waals surface area contributed by atoms with Crippen LogP contribution in [0, 0.1) is 0 Å². The molecule has 0 bridgehead atoms. The first-order valence-corrected chi connectivity index (χ1v) is 12.2. The summed E-state index contributed by atoms with van der Waals surface area (Å²) in [5.41, 5.74) is 3.08. The second-order valence-electron chi connectivity index (χ2n) is 7.44. The van der Waals surface area contributed by atoms with Crippen LogP contribution in [0.3, 0.4) is 0 Å². The molecule has 0 saturated carbocycles. The van der Waals surface area contributed by atoms with Crippen molar-refractivity contribution in [3.05, 3.63) is 53.5 Å². The predicted octanol–water partition coefficient (Wildman–Crippen LogP) is 3.01. The minimum absolute atomic E-state index is 0.110. The van der Waals surface area contributed by atoms with Gasteiger partial charge in [0.1, 0.15) is 0 Å². The minimum Gasteiger partial charge on any atom is -0.306 e. The van der Waals surface area contributed by atoms with Crippen LogP contribution in [0.15, 0.2) is 52.7 Å². The van der Waals surface area contributed by atoms with E-state index in [2.05, 4.69) is 9.59 Å². The normalized spacial score (nSPS) is 16.2. The van der Waals surface area contributed by atoms with Crippen molar-refractivity contribution < 1.29 is 18.0 Å². The molecule has 1 aliphatic rings. The molecule has 1 aliphatic heterocycles. The molecule has 0 radical (unpaired) electrons. The van der Waals surface area contributed by atoms with Crippen LogP contribution in [-0.4, -0.2) is 48.7 Å². The fourth-order valence-corrected chi connectivity index (χ4v) is 4.83.